The average molecular weight is 367 g/mol. The van der Waals surface area contributed by atoms with E-state index in [1.807, 2.05) is 7.05 Å². The van der Waals surface area contributed by atoms with E-state index in [0.717, 1.165) is 26.0 Å². The number of rotatable bonds is 5. The van der Waals surface area contributed by atoms with Crippen molar-refractivity contribution < 1.29 is 4.74 Å². The van der Waals surface area contributed by atoms with Gasteiger partial charge in [0, 0.05) is 26.2 Å². The van der Waals surface area contributed by atoms with Gasteiger partial charge in [0.1, 0.15) is 0 Å². The molecule has 0 aromatic heterocycles. The summed E-state index contributed by atoms with van der Waals surface area (Å²) in [4.78, 5) is 6.54. The van der Waals surface area contributed by atoms with Gasteiger partial charge in [-0.2, -0.15) is 0 Å². The second-order valence-electron chi connectivity index (χ2n) is 5.21. The zero-order valence-electron chi connectivity index (χ0n) is 11.3. The summed E-state index contributed by atoms with van der Waals surface area (Å²) in [6.45, 7) is 1.78. The number of halogens is 1. The van der Waals surface area contributed by atoms with Gasteiger partial charge in [-0.05, 0) is 44.9 Å². The Kier molecular flexibility index (Phi) is 7.29. The number of nitrogens with two attached hydrogens (primary N) is 1. The summed E-state index contributed by atoms with van der Waals surface area (Å²) in [5.74, 6) is 0.706. The highest BCUT2D eigenvalue weighted by Crippen LogP contribution is 2.24. The first kappa shape index (κ1) is 16.0. The van der Waals surface area contributed by atoms with Crippen LogP contribution in [0, 0.1) is 0 Å². The Balaban J connectivity index is 0.00000162. The van der Waals surface area contributed by atoms with Crippen LogP contribution in [0.1, 0.15) is 44.9 Å². The molecule has 1 unspecified atom stereocenters. The maximum atomic E-state index is 5.92. The molecule has 0 aromatic carbocycles. The van der Waals surface area contributed by atoms with Crippen LogP contribution in [-0.4, -0.2) is 43.2 Å². The molecule has 2 fully saturated rings. The number of hydrogen-bond donors (Lipinski definition) is 1. The van der Waals surface area contributed by atoms with Gasteiger partial charge in [-0.25, -0.2) is 0 Å². The van der Waals surface area contributed by atoms with Crippen LogP contribution in [0.4, 0.5) is 0 Å². The minimum Gasteiger partial charge on any atom is -0.378 e. The fraction of sp³-hybridized carbons (Fsp3) is 0.923. The molecule has 1 heterocycles. The van der Waals surface area contributed by atoms with Gasteiger partial charge < -0.3 is 15.4 Å². The van der Waals surface area contributed by atoms with E-state index in [-0.39, 0.29) is 24.0 Å². The van der Waals surface area contributed by atoms with Crippen molar-refractivity contribution in [2.24, 2.45) is 10.7 Å². The van der Waals surface area contributed by atoms with Gasteiger partial charge >= 0.3 is 0 Å². The molecular weight excluding hydrogens is 341 g/mol. The lowest BCUT2D eigenvalue weighted by Crippen LogP contribution is -2.35. The standard InChI is InChI=1S/C13H25N3O.HI/c1-16(11-7-8-11)13(14)15-9-4-6-12-5-2-3-10-17-12;/h11-12H,2-10H2,1H3,(H2,14,15);1H. The van der Waals surface area contributed by atoms with Crippen LogP contribution in [0.3, 0.4) is 0 Å². The van der Waals surface area contributed by atoms with E-state index in [1.54, 1.807) is 0 Å². The summed E-state index contributed by atoms with van der Waals surface area (Å²) < 4.78 is 5.69. The van der Waals surface area contributed by atoms with Crippen molar-refractivity contribution in [3.63, 3.8) is 0 Å². The molecule has 2 rings (SSSR count). The molecule has 2 N–H and O–H groups in total. The Labute approximate surface area is 127 Å². The van der Waals surface area contributed by atoms with Crippen LogP contribution in [0.25, 0.3) is 0 Å². The highest BCUT2D eigenvalue weighted by molar-refractivity contribution is 14.0. The fourth-order valence-corrected chi connectivity index (χ4v) is 2.31. The number of aliphatic imine (C=N–C) groups is 1. The smallest absolute Gasteiger partial charge is 0.191 e. The van der Waals surface area contributed by atoms with Crippen molar-refractivity contribution in [3.05, 3.63) is 0 Å². The molecule has 5 heteroatoms. The molecule has 1 aliphatic carbocycles. The van der Waals surface area contributed by atoms with E-state index in [1.165, 1.54) is 32.1 Å². The Morgan fingerprint density at radius 3 is 2.72 bits per heavy atom. The number of nitrogens with zero attached hydrogens (tertiary/aromatic N) is 2. The molecule has 1 aliphatic heterocycles. The SMILES string of the molecule is CN(C(N)=NCCCC1CCCCO1)C1CC1.I. The van der Waals surface area contributed by atoms with E-state index in [2.05, 4.69) is 9.89 Å². The molecule has 1 atom stereocenters. The normalized spacial score (nSPS) is 24.5. The molecule has 106 valence electrons. The zero-order valence-corrected chi connectivity index (χ0v) is 13.6. The zero-order chi connectivity index (χ0) is 12.1. The van der Waals surface area contributed by atoms with Gasteiger partial charge in [0.25, 0.3) is 0 Å². The van der Waals surface area contributed by atoms with Crippen molar-refractivity contribution in [2.45, 2.75) is 57.1 Å². The maximum absolute atomic E-state index is 5.92. The molecule has 18 heavy (non-hydrogen) atoms. The molecule has 4 nitrogen and oxygen atoms in total. The van der Waals surface area contributed by atoms with E-state index in [9.17, 15) is 0 Å². The van der Waals surface area contributed by atoms with Crippen molar-refractivity contribution in [1.82, 2.24) is 4.90 Å². The summed E-state index contributed by atoms with van der Waals surface area (Å²) >= 11 is 0. The van der Waals surface area contributed by atoms with Crippen LogP contribution in [0.5, 0.6) is 0 Å². The predicted octanol–water partition coefficient (Wildman–Crippen LogP) is 2.36. The highest BCUT2D eigenvalue weighted by atomic mass is 127. The quantitative estimate of drug-likeness (QED) is 0.351. The molecule has 2 aliphatic rings. The van der Waals surface area contributed by atoms with Crippen molar-refractivity contribution >= 4 is 29.9 Å². The molecule has 0 radical (unpaired) electrons. The van der Waals surface area contributed by atoms with Crippen molar-refractivity contribution in [3.8, 4) is 0 Å². The summed E-state index contributed by atoms with van der Waals surface area (Å²) in [5.41, 5.74) is 5.92. The monoisotopic (exact) mass is 367 g/mol. The lowest BCUT2D eigenvalue weighted by molar-refractivity contribution is 0.0105. The molecule has 0 amide bonds. The first-order valence-corrected chi connectivity index (χ1v) is 6.91. The molecule has 0 spiro atoms. The average Bonchev–Trinajstić information content (AvgIpc) is 3.19. The fourth-order valence-electron chi connectivity index (χ4n) is 2.31. The molecule has 0 aromatic rings. The van der Waals surface area contributed by atoms with Crippen LogP contribution >= 0.6 is 24.0 Å². The van der Waals surface area contributed by atoms with E-state index >= 15 is 0 Å². The summed E-state index contributed by atoms with van der Waals surface area (Å²) in [5, 5.41) is 0. The Morgan fingerprint density at radius 1 is 1.33 bits per heavy atom. The van der Waals surface area contributed by atoms with Gasteiger partial charge in [-0.15, -0.1) is 24.0 Å². The Bertz CT molecular complexity index is 263. The topological polar surface area (TPSA) is 50.8 Å². The van der Waals surface area contributed by atoms with E-state index in [0.29, 0.717) is 18.1 Å². The van der Waals surface area contributed by atoms with Crippen LogP contribution in [0.15, 0.2) is 4.99 Å². The lowest BCUT2D eigenvalue weighted by Gasteiger charge is -2.22. The third kappa shape index (κ3) is 5.30. The summed E-state index contributed by atoms with van der Waals surface area (Å²) in [6, 6.07) is 0.653. The molecule has 0 bridgehead atoms. The Hall–Kier alpha value is -0.0400. The third-order valence-electron chi connectivity index (χ3n) is 3.69. The molecule has 1 saturated heterocycles. The second-order valence-corrected chi connectivity index (χ2v) is 5.21. The van der Waals surface area contributed by atoms with Crippen molar-refractivity contribution in [2.75, 3.05) is 20.2 Å². The van der Waals surface area contributed by atoms with Gasteiger partial charge in [0.15, 0.2) is 5.96 Å². The van der Waals surface area contributed by atoms with Crippen LogP contribution in [0.2, 0.25) is 0 Å². The maximum Gasteiger partial charge on any atom is 0.191 e. The Morgan fingerprint density at radius 2 is 2.11 bits per heavy atom. The minimum absolute atomic E-state index is 0. The predicted molar refractivity (Wildman–Crippen MR) is 85.5 cm³/mol. The number of ether oxygens (including phenoxy) is 1. The first-order chi connectivity index (χ1) is 8.27. The molecule has 1 saturated carbocycles. The lowest BCUT2D eigenvalue weighted by atomic mass is 10.1. The largest absolute Gasteiger partial charge is 0.378 e. The van der Waals surface area contributed by atoms with Crippen molar-refractivity contribution in [1.29, 1.82) is 0 Å². The first-order valence-electron chi connectivity index (χ1n) is 6.91. The van der Waals surface area contributed by atoms with Gasteiger partial charge in [0.05, 0.1) is 6.10 Å². The number of hydrogen-bond acceptors (Lipinski definition) is 2. The van der Waals surface area contributed by atoms with Gasteiger partial charge in [-0.1, -0.05) is 0 Å². The summed E-state index contributed by atoms with van der Waals surface area (Å²) in [7, 11) is 2.04. The summed E-state index contributed by atoms with van der Waals surface area (Å²) in [6.07, 6.45) is 9.00. The van der Waals surface area contributed by atoms with Gasteiger partial charge in [-0.3, -0.25) is 4.99 Å². The molecular formula is C13H26IN3O. The van der Waals surface area contributed by atoms with E-state index in [4.69, 9.17) is 10.5 Å². The van der Waals surface area contributed by atoms with Crippen LogP contribution in [-0.2, 0) is 4.74 Å². The minimum atomic E-state index is 0. The second kappa shape index (κ2) is 8.19. The van der Waals surface area contributed by atoms with Gasteiger partial charge in [0.2, 0.25) is 0 Å². The third-order valence-corrected chi connectivity index (χ3v) is 3.69. The highest BCUT2D eigenvalue weighted by Gasteiger charge is 2.27. The van der Waals surface area contributed by atoms with E-state index < -0.39 is 0 Å². The van der Waals surface area contributed by atoms with Crippen LogP contribution < -0.4 is 5.73 Å². The number of guanidine groups is 1.